The third-order valence-electron chi connectivity index (χ3n) is 4.39. The second-order valence-corrected chi connectivity index (χ2v) is 9.26. The summed E-state index contributed by atoms with van der Waals surface area (Å²) >= 11 is 1.15. The number of benzene rings is 2. The molecule has 3 rings (SSSR count). The van der Waals surface area contributed by atoms with Gasteiger partial charge >= 0.3 is 0 Å². The minimum atomic E-state index is -3.60. The molecule has 0 aliphatic heterocycles. The van der Waals surface area contributed by atoms with Crippen LogP contribution in [0.1, 0.15) is 41.4 Å². The second-order valence-electron chi connectivity index (χ2n) is 6.41. The molecule has 146 valence electrons. The van der Waals surface area contributed by atoms with Gasteiger partial charge in [0.05, 0.1) is 6.04 Å². The van der Waals surface area contributed by atoms with Gasteiger partial charge in [0.25, 0.3) is 15.9 Å². The van der Waals surface area contributed by atoms with Gasteiger partial charge in [-0.05, 0) is 60.2 Å². The summed E-state index contributed by atoms with van der Waals surface area (Å²) in [5.41, 5.74) is 3.16. The zero-order chi connectivity index (χ0) is 20.1. The van der Waals surface area contributed by atoms with E-state index in [9.17, 15) is 13.2 Å². The van der Waals surface area contributed by atoms with E-state index in [-0.39, 0.29) is 16.2 Å². The fraction of sp³-hybridized carbons (Fsp3) is 0.190. The summed E-state index contributed by atoms with van der Waals surface area (Å²) in [6, 6.07) is 17.6. The molecule has 1 aromatic heterocycles. The van der Waals surface area contributed by atoms with E-state index in [1.54, 1.807) is 41.8 Å². The number of aryl methyl sites for hydroxylation is 1. The van der Waals surface area contributed by atoms with E-state index >= 15 is 0 Å². The highest BCUT2D eigenvalue weighted by molar-refractivity contribution is 7.94. The van der Waals surface area contributed by atoms with Gasteiger partial charge in [-0.3, -0.25) is 9.52 Å². The van der Waals surface area contributed by atoms with Gasteiger partial charge in [-0.15, -0.1) is 11.3 Å². The number of carbonyl (C=O) groups excluding carboxylic acids is 1. The van der Waals surface area contributed by atoms with Gasteiger partial charge in [0.15, 0.2) is 0 Å². The molecular formula is C21H22N2O3S2. The molecule has 0 radical (unpaired) electrons. The first-order valence-electron chi connectivity index (χ1n) is 8.95. The second kappa shape index (κ2) is 8.58. The van der Waals surface area contributed by atoms with Crippen LogP contribution in [0.15, 0.2) is 70.3 Å². The minimum Gasteiger partial charge on any atom is -0.346 e. The Morgan fingerprint density at radius 1 is 1.04 bits per heavy atom. The normalized spacial score (nSPS) is 12.4. The van der Waals surface area contributed by atoms with Crippen molar-refractivity contribution < 1.29 is 13.2 Å². The monoisotopic (exact) mass is 414 g/mol. The molecule has 2 N–H and O–H groups in total. The van der Waals surface area contributed by atoms with Crippen LogP contribution in [0.3, 0.4) is 0 Å². The van der Waals surface area contributed by atoms with Crippen LogP contribution in [-0.4, -0.2) is 14.3 Å². The number of nitrogens with one attached hydrogen (secondary N) is 2. The molecule has 5 nitrogen and oxygen atoms in total. The maximum atomic E-state index is 12.5. The van der Waals surface area contributed by atoms with Crippen molar-refractivity contribution in [3.8, 4) is 0 Å². The predicted molar refractivity (Wildman–Crippen MR) is 113 cm³/mol. The number of rotatable bonds is 7. The Labute approximate surface area is 169 Å². The highest BCUT2D eigenvalue weighted by Gasteiger charge is 2.16. The van der Waals surface area contributed by atoms with Crippen LogP contribution in [-0.2, 0) is 16.4 Å². The van der Waals surface area contributed by atoms with Crippen molar-refractivity contribution in [1.82, 2.24) is 5.32 Å². The summed E-state index contributed by atoms with van der Waals surface area (Å²) in [5.74, 6) is -0.209. The zero-order valence-corrected chi connectivity index (χ0v) is 17.3. The predicted octanol–water partition coefficient (Wildman–Crippen LogP) is 4.60. The number of hydrogen-bond acceptors (Lipinski definition) is 4. The highest BCUT2D eigenvalue weighted by atomic mass is 32.2. The van der Waals surface area contributed by atoms with Crippen molar-refractivity contribution in [2.24, 2.45) is 0 Å². The average Bonchev–Trinajstić information content (AvgIpc) is 3.24. The van der Waals surface area contributed by atoms with Crippen molar-refractivity contribution in [2.45, 2.75) is 30.5 Å². The summed E-state index contributed by atoms with van der Waals surface area (Å²) in [7, 11) is -3.60. The lowest BCUT2D eigenvalue weighted by atomic mass is 10.0. The molecule has 1 atom stereocenters. The first-order chi connectivity index (χ1) is 13.4. The Bertz CT molecular complexity index is 1030. The number of amides is 1. The topological polar surface area (TPSA) is 75.3 Å². The van der Waals surface area contributed by atoms with Crippen LogP contribution in [0.4, 0.5) is 5.69 Å². The standard InChI is InChI=1S/C21H22N2O3S2/c1-3-16-6-8-17(9-7-16)15(2)22-21(24)18-10-12-19(13-11-18)23-28(25,26)20-5-4-14-27-20/h4-15,23H,3H2,1-2H3,(H,22,24)/t15-/m1/s1. The van der Waals surface area contributed by atoms with Gasteiger partial charge in [-0.1, -0.05) is 37.3 Å². The van der Waals surface area contributed by atoms with Crippen LogP contribution in [0, 0.1) is 0 Å². The molecule has 0 aliphatic rings. The first kappa shape index (κ1) is 20.1. The molecule has 0 saturated heterocycles. The van der Waals surface area contributed by atoms with Crippen molar-refractivity contribution in [2.75, 3.05) is 4.72 Å². The van der Waals surface area contributed by atoms with E-state index in [1.807, 2.05) is 19.1 Å². The summed E-state index contributed by atoms with van der Waals surface area (Å²) in [5, 5.41) is 4.67. The Morgan fingerprint density at radius 3 is 2.29 bits per heavy atom. The SMILES string of the molecule is CCc1ccc([C@@H](C)NC(=O)c2ccc(NS(=O)(=O)c3cccs3)cc2)cc1. The Balaban J connectivity index is 1.64. The molecule has 0 unspecified atom stereocenters. The number of anilines is 1. The lowest BCUT2D eigenvalue weighted by Crippen LogP contribution is -2.26. The third kappa shape index (κ3) is 4.79. The van der Waals surface area contributed by atoms with E-state index < -0.39 is 10.0 Å². The van der Waals surface area contributed by atoms with E-state index in [1.165, 1.54) is 5.56 Å². The fourth-order valence-corrected chi connectivity index (χ4v) is 4.77. The molecule has 2 aromatic carbocycles. The Kier molecular flexibility index (Phi) is 6.16. The minimum absolute atomic E-state index is 0.129. The third-order valence-corrected chi connectivity index (χ3v) is 7.17. The van der Waals surface area contributed by atoms with Crippen LogP contribution in [0.2, 0.25) is 0 Å². The summed E-state index contributed by atoms with van der Waals surface area (Å²) < 4.78 is 27.3. The van der Waals surface area contributed by atoms with Crippen LogP contribution in [0.5, 0.6) is 0 Å². The van der Waals surface area contributed by atoms with Gasteiger partial charge in [-0.25, -0.2) is 8.42 Å². The number of thiophene rings is 1. The largest absolute Gasteiger partial charge is 0.346 e. The molecular weight excluding hydrogens is 392 g/mol. The summed E-state index contributed by atoms with van der Waals surface area (Å²) in [6.45, 7) is 4.03. The average molecular weight is 415 g/mol. The Morgan fingerprint density at radius 2 is 1.71 bits per heavy atom. The van der Waals surface area contributed by atoms with Crippen molar-refractivity contribution in [1.29, 1.82) is 0 Å². The molecule has 0 fully saturated rings. The summed E-state index contributed by atoms with van der Waals surface area (Å²) in [6.07, 6.45) is 0.976. The Hall–Kier alpha value is -2.64. The van der Waals surface area contributed by atoms with Crippen LogP contribution in [0.25, 0.3) is 0 Å². The van der Waals surface area contributed by atoms with Crippen molar-refractivity contribution in [3.05, 3.63) is 82.7 Å². The van der Waals surface area contributed by atoms with Crippen molar-refractivity contribution in [3.63, 3.8) is 0 Å². The quantitative estimate of drug-likeness (QED) is 0.593. The molecule has 7 heteroatoms. The van der Waals surface area contributed by atoms with E-state index in [2.05, 4.69) is 29.1 Å². The number of sulfonamides is 1. The molecule has 0 bridgehead atoms. The zero-order valence-electron chi connectivity index (χ0n) is 15.7. The fourth-order valence-electron chi connectivity index (χ4n) is 2.72. The maximum Gasteiger partial charge on any atom is 0.271 e. The lowest BCUT2D eigenvalue weighted by Gasteiger charge is -2.15. The van der Waals surface area contributed by atoms with E-state index in [0.29, 0.717) is 11.3 Å². The maximum absolute atomic E-state index is 12.5. The number of carbonyl (C=O) groups is 1. The van der Waals surface area contributed by atoms with Gasteiger partial charge in [-0.2, -0.15) is 0 Å². The van der Waals surface area contributed by atoms with Crippen LogP contribution < -0.4 is 10.0 Å². The molecule has 3 aromatic rings. The van der Waals surface area contributed by atoms with Gasteiger partial charge in [0.2, 0.25) is 0 Å². The molecule has 0 aliphatic carbocycles. The smallest absolute Gasteiger partial charge is 0.271 e. The molecule has 0 saturated carbocycles. The van der Waals surface area contributed by atoms with Crippen molar-refractivity contribution >= 4 is 33.0 Å². The van der Waals surface area contributed by atoms with Gasteiger partial charge in [0.1, 0.15) is 4.21 Å². The molecule has 28 heavy (non-hydrogen) atoms. The molecule has 1 amide bonds. The summed E-state index contributed by atoms with van der Waals surface area (Å²) in [4.78, 5) is 12.5. The highest BCUT2D eigenvalue weighted by Crippen LogP contribution is 2.21. The van der Waals surface area contributed by atoms with E-state index in [4.69, 9.17) is 0 Å². The van der Waals surface area contributed by atoms with Gasteiger partial charge in [0, 0.05) is 11.3 Å². The van der Waals surface area contributed by atoms with Gasteiger partial charge < -0.3 is 5.32 Å². The lowest BCUT2D eigenvalue weighted by molar-refractivity contribution is 0.0940. The molecule has 1 heterocycles. The van der Waals surface area contributed by atoms with Crippen LogP contribution >= 0.6 is 11.3 Å². The first-order valence-corrected chi connectivity index (χ1v) is 11.3. The molecule has 0 spiro atoms. The van der Waals surface area contributed by atoms with E-state index in [0.717, 1.165) is 23.3 Å². The number of hydrogen-bond donors (Lipinski definition) is 2.